The van der Waals surface area contributed by atoms with E-state index in [-0.39, 0.29) is 23.4 Å². The molecular formula is C13H19N3O4S. The molecule has 0 aliphatic carbocycles. The fraction of sp³-hybridized carbons (Fsp3) is 0.462. The fourth-order valence-electron chi connectivity index (χ4n) is 2.34. The Labute approximate surface area is 123 Å². The van der Waals surface area contributed by atoms with Gasteiger partial charge < -0.3 is 21.0 Å². The van der Waals surface area contributed by atoms with Crippen LogP contribution in [0.25, 0.3) is 0 Å². The van der Waals surface area contributed by atoms with Gasteiger partial charge in [0.1, 0.15) is 5.75 Å². The number of methoxy groups -OCH3 is 1. The summed E-state index contributed by atoms with van der Waals surface area (Å²) >= 11 is 0. The highest BCUT2D eigenvalue weighted by molar-refractivity contribution is 7.91. The molecule has 1 unspecified atom stereocenters. The summed E-state index contributed by atoms with van der Waals surface area (Å²) in [6, 6.07) is 5.31. The second-order valence-corrected chi connectivity index (χ2v) is 7.23. The quantitative estimate of drug-likeness (QED) is 0.307. The molecule has 1 heterocycles. The average Bonchev–Trinajstić information content (AvgIpc) is 2.83. The molecule has 1 saturated heterocycles. The molecule has 8 heteroatoms. The first kappa shape index (κ1) is 15.6. The highest BCUT2D eigenvalue weighted by Gasteiger charge is 2.27. The minimum atomic E-state index is -2.89. The molecule has 1 fully saturated rings. The van der Waals surface area contributed by atoms with E-state index in [1.54, 1.807) is 12.1 Å². The summed E-state index contributed by atoms with van der Waals surface area (Å²) in [6.45, 7) is 0.510. The Hall–Kier alpha value is -1.80. The topological polar surface area (TPSA) is 114 Å². The van der Waals surface area contributed by atoms with Crippen molar-refractivity contribution in [3.05, 3.63) is 29.3 Å². The van der Waals surface area contributed by atoms with Crippen LogP contribution < -0.4 is 15.8 Å². The van der Waals surface area contributed by atoms with Gasteiger partial charge in [0.2, 0.25) is 0 Å². The highest BCUT2D eigenvalue weighted by Crippen LogP contribution is 2.20. The van der Waals surface area contributed by atoms with Crippen molar-refractivity contribution in [1.82, 2.24) is 5.32 Å². The Bertz CT molecular complexity index is 643. The SMILES string of the molecule is COc1ccc(CNC2CCS(=O)(=O)C2)cc1C(N)=NO. The van der Waals surface area contributed by atoms with Crippen molar-refractivity contribution >= 4 is 15.7 Å². The molecule has 0 spiro atoms. The first-order chi connectivity index (χ1) is 9.95. The molecule has 0 aromatic heterocycles. The van der Waals surface area contributed by atoms with Crippen molar-refractivity contribution in [3.8, 4) is 5.75 Å². The van der Waals surface area contributed by atoms with E-state index < -0.39 is 9.84 Å². The van der Waals surface area contributed by atoms with Crippen molar-refractivity contribution in [2.45, 2.75) is 19.0 Å². The van der Waals surface area contributed by atoms with Crippen molar-refractivity contribution < 1.29 is 18.4 Å². The number of nitrogens with zero attached hydrogens (tertiary/aromatic N) is 1. The van der Waals surface area contributed by atoms with Gasteiger partial charge in [-0.3, -0.25) is 0 Å². The lowest BCUT2D eigenvalue weighted by Gasteiger charge is -2.13. The molecule has 0 saturated carbocycles. The Kier molecular flexibility index (Phi) is 4.69. The summed E-state index contributed by atoms with van der Waals surface area (Å²) in [5, 5.41) is 15.0. The van der Waals surface area contributed by atoms with Gasteiger partial charge in [-0.2, -0.15) is 0 Å². The van der Waals surface area contributed by atoms with E-state index in [9.17, 15) is 8.42 Å². The average molecular weight is 313 g/mol. The molecule has 116 valence electrons. The molecule has 1 aliphatic rings. The third-order valence-electron chi connectivity index (χ3n) is 3.47. The van der Waals surface area contributed by atoms with E-state index in [1.807, 2.05) is 6.07 Å². The molecule has 4 N–H and O–H groups in total. The van der Waals surface area contributed by atoms with E-state index in [1.165, 1.54) is 7.11 Å². The molecule has 0 radical (unpaired) electrons. The Morgan fingerprint density at radius 3 is 2.90 bits per heavy atom. The number of sulfone groups is 1. The summed E-state index contributed by atoms with van der Waals surface area (Å²) in [4.78, 5) is 0. The minimum Gasteiger partial charge on any atom is -0.496 e. The zero-order valence-electron chi connectivity index (χ0n) is 11.7. The number of benzene rings is 1. The van der Waals surface area contributed by atoms with Gasteiger partial charge in [0.15, 0.2) is 15.7 Å². The lowest BCUT2D eigenvalue weighted by atomic mass is 10.1. The van der Waals surface area contributed by atoms with Crippen LogP contribution in [0, 0.1) is 0 Å². The second kappa shape index (κ2) is 6.31. The monoisotopic (exact) mass is 313 g/mol. The Morgan fingerprint density at radius 1 is 1.57 bits per heavy atom. The van der Waals surface area contributed by atoms with Crippen LogP contribution in [0.3, 0.4) is 0 Å². The fourth-order valence-corrected chi connectivity index (χ4v) is 4.05. The van der Waals surface area contributed by atoms with E-state index in [0.717, 1.165) is 5.56 Å². The predicted octanol–water partition coefficient (Wildman–Crippen LogP) is 0.0664. The molecule has 0 amide bonds. The lowest BCUT2D eigenvalue weighted by molar-refractivity contribution is 0.318. The molecule has 7 nitrogen and oxygen atoms in total. The van der Waals surface area contributed by atoms with Gasteiger partial charge in [-0.05, 0) is 24.1 Å². The molecular weight excluding hydrogens is 294 g/mol. The summed E-state index contributed by atoms with van der Waals surface area (Å²) < 4.78 is 28.0. The second-order valence-electron chi connectivity index (χ2n) is 5.00. The van der Waals surface area contributed by atoms with Gasteiger partial charge in [-0.25, -0.2) is 8.42 Å². The summed E-state index contributed by atoms with van der Waals surface area (Å²) in [5.74, 6) is 0.897. The minimum absolute atomic E-state index is 0.0237. The van der Waals surface area contributed by atoms with Crippen LogP contribution in [0.2, 0.25) is 0 Å². The van der Waals surface area contributed by atoms with Crippen LogP contribution in [0.1, 0.15) is 17.5 Å². The van der Waals surface area contributed by atoms with Crippen molar-refractivity contribution in [2.75, 3.05) is 18.6 Å². The van der Waals surface area contributed by atoms with Gasteiger partial charge in [-0.15, -0.1) is 0 Å². The normalized spacial score (nSPS) is 21.4. The largest absolute Gasteiger partial charge is 0.496 e. The maximum atomic E-state index is 11.4. The number of rotatable bonds is 5. The molecule has 1 aliphatic heterocycles. The smallest absolute Gasteiger partial charge is 0.173 e. The maximum Gasteiger partial charge on any atom is 0.173 e. The van der Waals surface area contributed by atoms with Crippen molar-refractivity contribution in [1.29, 1.82) is 0 Å². The van der Waals surface area contributed by atoms with Crippen LogP contribution in [0.5, 0.6) is 5.75 Å². The molecule has 0 bridgehead atoms. The number of nitrogens with two attached hydrogens (primary N) is 1. The third-order valence-corrected chi connectivity index (χ3v) is 5.24. The number of ether oxygens (including phenoxy) is 1. The van der Waals surface area contributed by atoms with Crippen LogP contribution in [-0.4, -0.2) is 44.1 Å². The summed E-state index contributed by atoms with van der Waals surface area (Å²) in [5.41, 5.74) is 7.02. The number of oxime groups is 1. The Morgan fingerprint density at radius 2 is 2.33 bits per heavy atom. The summed E-state index contributed by atoms with van der Waals surface area (Å²) in [6.07, 6.45) is 0.631. The summed E-state index contributed by atoms with van der Waals surface area (Å²) in [7, 11) is -1.39. The predicted molar refractivity (Wildman–Crippen MR) is 79.4 cm³/mol. The molecule has 2 rings (SSSR count). The van der Waals surface area contributed by atoms with Gasteiger partial charge in [0.25, 0.3) is 0 Å². The highest BCUT2D eigenvalue weighted by atomic mass is 32.2. The van der Waals surface area contributed by atoms with E-state index in [4.69, 9.17) is 15.7 Å². The standard InChI is InChI=1S/C13H19N3O4S/c1-20-12-3-2-9(6-11(12)13(14)16-17)7-15-10-4-5-21(18,19)8-10/h2-3,6,10,15,17H,4-5,7-8H2,1H3,(H2,14,16). The molecule has 21 heavy (non-hydrogen) atoms. The third kappa shape index (κ3) is 3.85. The lowest BCUT2D eigenvalue weighted by Crippen LogP contribution is -2.29. The van der Waals surface area contributed by atoms with Crippen LogP contribution in [0.4, 0.5) is 0 Å². The molecule has 1 aromatic carbocycles. The first-order valence-corrected chi connectivity index (χ1v) is 8.36. The Balaban J connectivity index is 2.07. The number of amidine groups is 1. The number of nitrogens with one attached hydrogen (secondary N) is 1. The zero-order chi connectivity index (χ0) is 15.5. The van der Waals surface area contributed by atoms with Crippen LogP contribution in [-0.2, 0) is 16.4 Å². The molecule has 1 atom stereocenters. The van der Waals surface area contributed by atoms with E-state index in [0.29, 0.717) is 24.3 Å². The van der Waals surface area contributed by atoms with E-state index in [2.05, 4.69) is 10.5 Å². The van der Waals surface area contributed by atoms with Gasteiger partial charge in [0, 0.05) is 12.6 Å². The molecule has 1 aromatic rings. The number of hydrogen-bond acceptors (Lipinski definition) is 6. The number of hydrogen-bond donors (Lipinski definition) is 3. The maximum absolute atomic E-state index is 11.4. The first-order valence-electron chi connectivity index (χ1n) is 6.54. The van der Waals surface area contributed by atoms with Crippen LogP contribution >= 0.6 is 0 Å². The van der Waals surface area contributed by atoms with Crippen molar-refractivity contribution in [2.24, 2.45) is 10.9 Å². The van der Waals surface area contributed by atoms with Gasteiger partial charge >= 0.3 is 0 Å². The van der Waals surface area contributed by atoms with Gasteiger partial charge in [-0.1, -0.05) is 11.2 Å². The zero-order valence-corrected chi connectivity index (χ0v) is 12.6. The van der Waals surface area contributed by atoms with E-state index >= 15 is 0 Å². The van der Waals surface area contributed by atoms with Gasteiger partial charge in [0.05, 0.1) is 24.2 Å². The van der Waals surface area contributed by atoms with Crippen molar-refractivity contribution in [3.63, 3.8) is 0 Å². The van der Waals surface area contributed by atoms with Crippen LogP contribution in [0.15, 0.2) is 23.4 Å².